The first-order chi connectivity index (χ1) is 14.3. The number of nitrogens with one attached hydrogen (secondary N) is 1. The summed E-state index contributed by atoms with van der Waals surface area (Å²) in [7, 11) is 0. The van der Waals surface area contributed by atoms with E-state index in [2.05, 4.69) is 30.4 Å². The molecule has 2 atom stereocenters. The molecule has 4 nitrogen and oxygen atoms in total. The highest BCUT2D eigenvalue weighted by Gasteiger charge is 2.26. The van der Waals surface area contributed by atoms with Crippen LogP contribution in [0.5, 0.6) is 0 Å². The van der Waals surface area contributed by atoms with Gasteiger partial charge in [0.15, 0.2) is 0 Å². The van der Waals surface area contributed by atoms with Crippen molar-refractivity contribution in [2.75, 3.05) is 5.75 Å². The molecule has 1 N–H and O–H groups in total. The van der Waals surface area contributed by atoms with Gasteiger partial charge in [0, 0.05) is 23.4 Å². The molecule has 2 unspecified atom stereocenters. The van der Waals surface area contributed by atoms with Crippen molar-refractivity contribution in [3.63, 3.8) is 0 Å². The number of aryl methyl sites for hydroxylation is 1. The summed E-state index contributed by atoms with van der Waals surface area (Å²) < 4.78 is 0. The highest BCUT2D eigenvalue weighted by atomic mass is 35.5. The molecule has 0 fully saturated rings. The van der Waals surface area contributed by atoms with E-state index in [1.165, 1.54) is 11.1 Å². The van der Waals surface area contributed by atoms with Gasteiger partial charge in [0.1, 0.15) is 6.04 Å². The number of hydrogen-bond donors (Lipinski definition) is 1. The van der Waals surface area contributed by atoms with Crippen molar-refractivity contribution in [2.45, 2.75) is 58.5 Å². The minimum absolute atomic E-state index is 0.0561. The Morgan fingerprint density at radius 2 is 1.80 bits per heavy atom. The zero-order valence-electron chi connectivity index (χ0n) is 18.2. The summed E-state index contributed by atoms with van der Waals surface area (Å²) in [5.74, 6) is 0.879. The number of carbonyl (C=O) groups is 2. The normalized spacial score (nSPS) is 12.8. The molecule has 6 heteroatoms. The third-order valence-corrected chi connectivity index (χ3v) is 6.21. The van der Waals surface area contributed by atoms with Crippen LogP contribution in [0.4, 0.5) is 0 Å². The summed E-state index contributed by atoms with van der Waals surface area (Å²) in [6.07, 6.45) is 0.840. The first-order valence-electron chi connectivity index (χ1n) is 10.3. The summed E-state index contributed by atoms with van der Waals surface area (Å²) >= 11 is 7.68. The van der Waals surface area contributed by atoms with E-state index >= 15 is 0 Å². The van der Waals surface area contributed by atoms with Gasteiger partial charge in [0.2, 0.25) is 11.8 Å². The molecule has 0 aromatic heterocycles. The molecule has 2 amide bonds. The third kappa shape index (κ3) is 7.69. The lowest BCUT2D eigenvalue weighted by molar-refractivity contribution is -0.138. The Kier molecular flexibility index (Phi) is 9.73. The second-order valence-electron chi connectivity index (χ2n) is 7.63. The molecule has 0 aliphatic heterocycles. The zero-order valence-corrected chi connectivity index (χ0v) is 19.7. The number of benzene rings is 2. The molecule has 2 aromatic rings. The van der Waals surface area contributed by atoms with Crippen LogP contribution in [0.25, 0.3) is 0 Å². The first-order valence-corrected chi connectivity index (χ1v) is 11.8. The average molecular weight is 447 g/mol. The molecule has 2 rings (SSSR count). The van der Waals surface area contributed by atoms with Gasteiger partial charge < -0.3 is 10.2 Å². The maximum absolute atomic E-state index is 13.1. The number of nitrogens with zero attached hydrogens (tertiary/aromatic N) is 1. The number of halogens is 1. The highest BCUT2D eigenvalue weighted by Crippen LogP contribution is 2.18. The third-order valence-electron chi connectivity index (χ3n) is 4.99. The lowest BCUT2D eigenvalue weighted by atomic mass is 10.1. The molecule has 0 heterocycles. The summed E-state index contributed by atoms with van der Waals surface area (Å²) in [6, 6.07) is 15.2. The fourth-order valence-electron chi connectivity index (χ4n) is 3.02. The van der Waals surface area contributed by atoms with E-state index in [9.17, 15) is 9.59 Å². The van der Waals surface area contributed by atoms with Crippen LogP contribution in [-0.2, 0) is 21.9 Å². The summed E-state index contributed by atoms with van der Waals surface area (Å²) in [6.45, 7) is 8.17. The van der Waals surface area contributed by atoms with Crippen LogP contribution in [0.15, 0.2) is 48.5 Å². The second-order valence-corrected chi connectivity index (χ2v) is 9.05. The molecular formula is C24H31ClN2O2S. The van der Waals surface area contributed by atoms with Crippen LogP contribution in [0.2, 0.25) is 5.02 Å². The van der Waals surface area contributed by atoms with Crippen LogP contribution < -0.4 is 5.32 Å². The van der Waals surface area contributed by atoms with E-state index in [0.717, 1.165) is 17.7 Å². The Balaban J connectivity index is 2.08. The molecule has 0 bridgehead atoms. The Labute approximate surface area is 189 Å². The topological polar surface area (TPSA) is 49.4 Å². The molecule has 0 saturated carbocycles. The molecule has 0 radical (unpaired) electrons. The first kappa shape index (κ1) is 24.3. The van der Waals surface area contributed by atoms with Crippen LogP contribution >= 0.6 is 23.4 Å². The maximum atomic E-state index is 13.1. The van der Waals surface area contributed by atoms with Crippen LogP contribution in [0, 0.1) is 6.92 Å². The number of thioether (sulfide) groups is 1. The Hall–Kier alpha value is -1.98. The quantitative estimate of drug-likeness (QED) is 0.544. The van der Waals surface area contributed by atoms with Gasteiger partial charge in [0.05, 0.1) is 5.75 Å². The number of rotatable bonds is 10. The smallest absolute Gasteiger partial charge is 0.242 e. The van der Waals surface area contributed by atoms with Gasteiger partial charge >= 0.3 is 0 Å². The molecule has 2 aromatic carbocycles. The predicted molar refractivity (Wildman–Crippen MR) is 127 cm³/mol. The summed E-state index contributed by atoms with van der Waals surface area (Å²) in [5.41, 5.74) is 3.30. The molecule has 0 saturated heterocycles. The Bertz CT molecular complexity index is 859. The average Bonchev–Trinajstić information content (AvgIpc) is 2.71. The summed E-state index contributed by atoms with van der Waals surface area (Å²) in [4.78, 5) is 27.4. The predicted octanol–water partition coefficient (Wildman–Crippen LogP) is 5.21. The Morgan fingerprint density at radius 3 is 2.47 bits per heavy atom. The van der Waals surface area contributed by atoms with Gasteiger partial charge in [-0.25, -0.2) is 0 Å². The minimum atomic E-state index is -0.565. The fraction of sp³-hybridized carbons (Fsp3) is 0.417. The number of amides is 2. The van der Waals surface area contributed by atoms with Crippen molar-refractivity contribution in [3.05, 3.63) is 70.2 Å². The largest absolute Gasteiger partial charge is 0.352 e. The van der Waals surface area contributed by atoms with Crippen LogP contribution in [-0.4, -0.2) is 34.6 Å². The SMILES string of the molecule is CCC(C)NC(=O)C(C)N(Cc1cccc(Cl)c1)C(=O)CSCc1cccc(C)c1. The molecule has 0 aliphatic carbocycles. The van der Waals surface area contributed by atoms with E-state index in [1.54, 1.807) is 29.7 Å². The van der Waals surface area contributed by atoms with Crippen molar-refractivity contribution >= 4 is 35.2 Å². The van der Waals surface area contributed by atoms with Crippen LogP contribution in [0.1, 0.15) is 43.9 Å². The number of hydrogen-bond acceptors (Lipinski definition) is 3. The van der Waals surface area contributed by atoms with Gasteiger partial charge in [0.25, 0.3) is 0 Å². The highest BCUT2D eigenvalue weighted by molar-refractivity contribution is 7.99. The molecule has 162 valence electrons. The van der Waals surface area contributed by atoms with Crippen molar-refractivity contribution < 1.29 is 9.59 Å². The lowest BCUT2D eigenvalue weighted by Crippen LogP contribution is -2.50. The van der Waals surface area contributed by atoms with Gasteiger partial charge in [-0.15, -0.1) is 11.8 Å². The standard InChI is InChI=1S/C24H31ClN2O2S/c1-5-18(3)26-24(29)19(4)27(14-20-9-7-11-22(25)13-20)23(28)16-30-15-21-10-6-8-17(2)12-21/h6-13,18-19H,5,14-16H2,1-4H3,(H,26,29). The second kappa shape index (κ2) is 12.0. The number of carbonyl (C=O) groups excluding carboxylic acids is 2. The molecule has 30 heavy (non-hydrogen) atoms. The van der Waals surface area contributed by atoms with E-state index in [-0.39, 0.29) is 17.9 Å². The van der Waals surface area contributed by atoms with E-state index in [1.807, 2.05) is 38.1 Å². The fourth-order valence-corrected chi connectivity index (χ4v) is 4.09. The van der Waals surface area contributed by atoms with Gasteiger partial charge in [-0.3, -0.25) is 9.59 Å². The van der Waals surface area contributed by atoms with Crippen molar-refractivity contribution in [3.8, 4) is 0 Å². The van der Waals surface area contributed by atoms with Crippen LogP contribution in [0.3, 0.4) is 0 Å². The zero-order chi connectivity index (χ0) is 22.1. The minimum Gasteiger partial charge on any atom is -0.352 e. The van der Waals surface area contributed by atoms with Crippen molar-refractivity contribution in [1.82, 2.24) is 10.2 Å². The monoisotopic (exact) mass is 446 g/mol. The maximum Gasteiger partial charge on any atom is 0.242 e. The summed E-state index contributed by atoms with van der Waals surface area (Å²) in [5, 5.41) is 3.60. The lowest BCUT2D eigenvalue weighted by Gasteiger charge is -2.29. The van der Waals surface area contributed by atoms with Gasteiger partial charge in [-0.05, 0) is 50.5 Å². The van der Waals surface area contributed by atoms with Crippen molar-refractivity contribution in [1.29, 1.82) is 0 Å². The molecular weight excluding hydrogens is 416 g/mol. The Morgan fingerprint density at radius 1 is 1.10 bits per heavy atom. The van der Waals surface area contributed by atoms with E-state index in [4.69, 9.17) is 11.6 Å². The van der Waals surface area contributed by atoms with Gasteiger partial charge in [-0.2, -0.15) is 0 Å². The van der Waals surface area contributed by atoms with E-state index < -0.39 is 6.04 Å². The molecule has 0 spiro atoms. The molecule has 0 aliphatic rings. The van der Waals surface area contributed by atoms with Gasteiger partial charge in [-0.1, -0.05) is 60.5 Å². The van der Waals surface area contributed by atoms with Crippen molar-refractivity contribution in [2.24, 2.45) is 0 Å². The van der Waals surface area contributed by atoms with E-state index in [0.29, 0.717) is 17.3 Å².